The lowest BCUT2D eigenvalue weighted by Gasteiger charge is -2.18. The van der Waals surface area contributed by atoms with Gasteiger partial charge in [-0.25, -0.2) is 0 Å². The number of amides is 1. The summed E-state index contributed by atoms with van der Waals surface area (Å²) in [5.41, 5.74) is 2.19. The predicted molar refractivity (Wildman–Crippen MR) is 99.9 cm³/mol. The van der Waals surface area contributed by atoms with Crippen molar-refractivity contribution in [3.8, 4) is 22.9 Å². The highest BCUT2D eigenvalue weighted by Crippen LogP contribution is 2.29. The Bertz CT molecular complexity index is 935. The fourth-order valence-electron chi connectivity index (χ4n) is 2.72. The van der Waals surface area contributed by atoms with E-state index >= 15 is 0 Å². The highest BCUT2D eigenvalue weighted by atomic mass is 16.5. The van der Waals surface area contributed by atoms with E-state index in [-0.39, 0.29) is 11.9 Å². The first kappa shape index (κ1) is 18.4. The molecule has 0 saturated heterocycles. The number of carbonyl (C=O) groups is 1. The summed E-state index contributed by atoms with van der Waals surface area (Å²) in [5.74, 6) is 2.16. The van der Waals surface area contributed by atoms with Gasteiger partial charge in [0.2, 0.25) is 11.7 Å². The molecule has 7 nitrogen and oxygen atoms in total. The second-order valence-electron chi connectivity index (χ2n) is 6.02. The van der Waals surface area contributed by atoms with Gasteiger partial charge in [-0.05, 0) is 31.2 Å². The third-order valence-corrected chi connectivity index (χ3v) is 4.19. The van der Waals surface area contributed by atoms with Crippen LogP contribution in [0.4, 0.5) is 0 Å². The third-order valence-electron chi connectivity index (χ3n) is 4.19. The van der Waals surface area contributed by atoms with E-state index in [1.807, 2.05) is 19.1 Å². The Morgan fingerprint density at radius 2 is 1.85 bits per heavy atom. The molecule has 1 atom stereocenters. The van der Waals surface area contributed by atoms with Crippen molar-refractivity contribution in [2.75, 3.05) is 14.2 Å². The van der Waals surface area contributed by atoms with Crippen molar-refractivity contribution in [2.24, 2.45) is 0 Å². The van der Waals surface area contributed by atoms with Crippen LogP contribution in [0.3, 0.4) is 0 Å². The minimum absolute atomic E-state index is 0.184. The molecule has 2 aromatic carbocycles. The number of nitrogens with zero attached hydrogens (tertiary/aromatic N) is 2. The van der Waals surface area contributed by atoms with E-state index in [9.17, 15) is 4.79 Å². The lowest BCUT2D eigenvalue weighted by atomic mass is 10.1. The SMILES string of the molecule is COc1ccc([C@@H](C)NC(=O)c2ccc(-c3noc(C)n3)cc2)c(OC)c1. The van der Waals surface area contributed by atoms with Crippen LogP contribution in [-0.2, 0) is 0 Å². The van der Waals surface area contributed by atoms with Gasteiger partial charge in [0.25, 0.3) is 5.91 Å². The van der Waals surface area contributed by atoms with Gasteiger partial charge in [0.05, 0.1) is 20.3 Å². The number of carbonyl (C=O) groups excluding carboxylic acids is 1. The van der Waals surface area contributed by atoms with Gasteiger partial charge in [-0.2, -0.15) is 4.98 Å². The molecular weight excluding hydrogens is 346 g/mol. The number of hydrogen-bond acceptors (Lipinski definition) is 6. The molecule has 0 aliphatic carbocycles. The van der Waals surface area contributed by atoms with Crippen molar-refractivity contribution < 1.29 is 18.8 Å². The fraction of sp³-hybridized carbons (Fsp3) is 0.250. The van der Waals surface area contributed by atoms with E-state index in [4.69, 9.17) is 14.0 Å². The van der Waals surface area contributed by atoms with Crippen LogP contribution in [0.2, 0.25) is 0 Å². The summed E-state index contributed by atoms with van der Waals surface area (Å²) in [6, 6.07) is 12.3. The number of hydrogen-bond donors (Lipinski definition) is 1. The van der Waals surface area contributed by atoms with Crippen LogP contribution in [0.5, 0.6) is 11.5 Å². The maximum absolute atomic E-state index is 12.6. The Kier molecular flexibility index (Phi) is 5.40. The van der Waals surface area contributed by atoms with Crippen molar-refractivity contribution in [3.63, 3.8) is 0 Å². The third kappa shape index (κ3) is 4.08. The molecule has 0 saturated carbocycles. The van der Waals surface area contributed by atoms with E-state index in [1.54, 1.807) is 51.5 Å². The molecule has 3 aromatic rings. The van der Waals surface area contributed by atoms with Gasteiger partial charge in [-0.15, -0.1) is 0 Å². The molecule has 1 N–H and O–H groups in total. The summed E-state index contributed by atoms with van der Waals surface area (Å²) in [4.78, 5) is 16.8. The van der Waals surface area contributed by atoms with Crippen LogP contribution in [0.25, 0.3) is 11.4 Å². The van der Waals surface area contributed by atoms with E-state index in [0.29, 0.717) is 28.8 Å². The largest absolute Gasteiger partial charge is 0.497 e. The normalized spacial score (nSPS) is 11.7. The highest BCUT2D eigenvalue weighted by molar-refractivity contribution is 5.94. The van der Waals surface area contributed by atoms with Crippen LogP contribution in [0.15, 0.2) is 47.0 Å². The predicted octanol–water partition coefficient (Wildman–Crippen LogP) is 3.55. The molecule has 7 heteroatoms. The minimum Gasteiger partial charge on any atom is -0.497 e. The highest BCUT2D eigenvalue weighted by Gasteiger charge is 2.16. The molecule has 1 heterocycles. The van der Waals surface area contributed by atoms with Crippen LogP contribution >= 0.6 is 0 Å². The first-order chi connectivity index (χ1) is 13.0. The molecule has 0 radical (unpaired) electrons. The van der Waals surface area contributed by atoms with Crippen LogP contribution < -0.4 is 14.8 Å². The maximum atomic E-state index is 12.6. The summed E-state index contributed by atoms with van der Waals surface area (Å²) < 4.78 is 15.6. The maximum Gasteiger partial charge on any atom is 0.251 e. The number of rotatable bonds is 6. The van der Waals surface area contributed by atoms with E-state index in [1.165, 1.54) is 0 Å². The van der Waals surface area contributed by atoms with Crippen LogP contribution in [-0.4, -0.2) is 30.3 Å². The summed E-state index contributed by atoms with van der Waals surface area (Å²) in [6.07, 6.45) is 0. The van der Waals surface area contributed by atoms with Crippen LogP contribution in [0, 0.1) is 6.92 Å². The molecule has 0 unspecified atom stereocenters. The number of nitrogens with one attached hydrogen (secondary N) is 1. The Morgan fingerprint density at radius 3 is 2.44 bits per heavy atom. The van der Waals surface area contributed by atoms with Crippen molar-refractivity contribution >= 4 is 5.91 Å². The van der Waals surface area contributed by atoms with E-state index in [0.717, 1.165) is 11.1 Å². The first-order valence-corrected chi connectivity index (χ1v) is 8.45. The zero-order valence-corrected chi connectivity index (χ0v) is 15.6. The Morgan fingerprint density at radius 1 is 1.11 bits per heavy atom. The van der Waals surface area contributed by atoms with Crippen LogP contribution in [0.1, 0.15) is 34.8 Å². The fourth-order valence-corrected chi connectivity index (χ4v) is 2.72. The molecule has 27 heavy (non-hydrogen) atoms. The molecule has 0 aliphatic rings. The summed E-state index contributed by atoms with van der Waals surface area (Å²) in [6.45, 7) is 3.63. The molecule has 0 fully saturated rings. The first-order valence-electron chi connectivity index (χ1n) is 8.45. The zero-order valence-electron chi connectivity index (χ0n) is 15.6. The summed E-state index contributed by atoms with van der Waals surface area (Å²) >= 11 is 0. The minimum atomic E-state index is -0.238. The van der Waals surface area contributed by atoms with Gasteiger partial charge >= 0.3 is 0 Å². The van der Waals surface area contributed by atoms with Gasteiger partial charge in [0.1, 0.15) is 11.5 Å². The Hall–Kier alpha value is -3.35. The average molecular weight is 367 g/mol. The molecule has 0 aliphatic heterocycles. The number of methoxy groups -OCH3 is 2. The Balaban J connectivity index is 1.73. The second kappa shape index (κ2) is 7.90. The van der Waals surface area contributed by atoms with Gasteiger partial charge in [-0.1, -0.05) is 17.3 Å². The van der Waals surface area contributed by atoms with Crippen molar-refractivity contribution in [1.82, 2.24) is 15.5 Å². The molecule has 3 rings (SSSR count). The number of aromatic nitrogens is 2. The monoisotopic (exact) mass is 367 g/mol. The molecular formula is C20H21N3O4. The molecule has 140 valence electrons. The Labute approximate surface area is 157 Å². The average Bonchev–Trinajstić information content (AvgIpc) is 3.13. The summed E-state index contributed by atoms with van der Waals surface area (Å²) in [5, 5.41) is 6.85. The topological polar surface area (TPSA) is 86.5 Å². The quantitative estimate of drug-likeness (QED) is 0.717. The molecule has 0 bridgehead atoms. The van der Waals surface area contributed by atoms with Crippen molar-refractivity contribution in [2.45, 2.75) is 19.9 Å². The van der Waals surface area contributed by atoms with Crippen molar-refractivity contribution in [1.29, 1.82) is 0 Å². The second-order valence-corrected chi connectivity index (χ2v) is 6.02. The number of ether oxygens (including phenoxy) is 2. The molecule has 1 amide bonds. The molecule has 1 aromatic heterocycles. The van der Waals surface area contributed by atoms with Gasteiger partial charge in [0.15, 0.2) is 0 Å². The summed E-state index contributed by atoms with van der Waals surface area (Å²) in [7, 11) is 3.18. The number of benzene rings is 2. The number of aryl methyl sites for hydroxylation is 1. The smallest absolute Gasteiger partial charge is 0.251 e. The lowest BCUT2D eigenvalue weighted by molar-refractivity contribution is 0.0939. The van der Waals surface area contributed by atoms with E-state index < -0.39 is 0 Å². The molecule has 0 spiro atoms. The van der Waals surface area contributed by atoms with Gasteiger partial charge in [-0.3, -0.25) is 4.79 Å². The van der Waals surface area contributed by atoms with Crippen molar-refractivity contribution in [3.05, 3.63) is 59.5 Å². The van der Waals surface area contributed by atoms with Gasteiger partial charge < -0.3 is 19.3 Å². The van der Waals surface area contributed by atoms with E-state index in [2.05, 4.69) is 15.5 Å². The zero-order chi connectivity index (χ0) is 19.4. The standard InChI is InChI=1S/C20H21N3O4/c1-12(17-10-9-16(25-3)11-18(17)26-4)21-20(24)15-7-5-14(6-8-15)19-22-13(2)27-23-19/h5-12H,1-4H3,(H,21,24)/t12-/m1/s1. The lowest BCUT2D eigenvalue weighted by Crippen LogP contribution is -2.26. The van der Waals surface area contributed by atoms with Gasteiger partial charge in [0, 0.05) is 29.7 Å².